The number of carbonyl (C=O) groups is 2. The van der Waals surface area contributed by atoms with Gasteiger partial charge in [-0.2, -0.15) is 0 Å². The Morgan fingerprint density at radius 3 is 2.16 bits per heavy atom. The molecular formula is C19H18FNO4. The molecule has 6 heteroatoms. The second-order valence-corrected chi connectivity index (χ2v) is 6.38. The molecule has 0 atom stereocenters. The highest BCUT2D eigenvalue weighted by atomic mass is 19.1. The molecule has 5 nitrogen and oxygen atoms in total. The molecule has 1 aromatic carbocycles. The number of benzene rings is 1. The van der Waals surface area contributed by atoms with Crippen molar-refractivity contribution in [2.45, 2.75) is 33.5 Å². The van der Waals surface area contributed by atoms with E-state index in [-0.39, 0.29) is 11.4 Å². The molecule has 130 valence electrons. The van der Waals surface area contributed by atoms with Gasteiger partial charge in [0, 0.05) is 30.9 Å². The number of hydrogen-bond acceptors (Lipinski definition) is 4. The van der Waals surface area contributed by atoms with E-state index >= 15 is 0 Å². The Morgan fingerprint density at radius 2 is 1.60 bits per heavy atom. The highest BCUT2D eigenvalue weighted by molar-refractivity contribution is 6.18. The van der Waals surface area contributed by atoms with Gasteiger partial charge in [-0.3, -0.25) is 0 Å². The molecule has 1 aromatic heterocycles. The average molecular weight is 343 g/mol. The van der Waals surface area contributed by atoms with Crippen LogP contribution in [0.1, 0.15) is 30.8 Å². The molecule has 0 unspecified atom stereocenters. The molecule has 2 heterocycles. The number of esters is 2. The molecule has 1 aliphatic heterocycles. The van der Waals surface area contributed by atoms with Crippen molar-refractivity contribution >= 4 is 18.0 Å². The normalized spacial score (nSPS) is 16.4. The molecule has 0 spiro atoms. The summed E-state index contributed by atoms with van der Waals surface area (Å²) in [6.07, 6.45) is 1.46. The summed E-state index contributed by atoms with van der Waals surface area (Å²) in [5.41, 5.74) is 3.01. The first kappa shape index (κ1) is 17.0. The van der Waals surface area contributed by atoms with Crippen molar-refractivity contribution < 1.29 is 23.5 Å². The van der Waals surface area contributed by atoms with Crippen LogP contribution < -0.4 is 0 Å². The molecule has 1 aliphatic rings. The van der Waals surface area contributed by atoms with Crippen molar-refractivity contribution in [3.05, 3.63) is 58.7 Å². The minimum absolute atomic E-state index is 0.154. The van der Waals surface area contributed by atoms with Gasteiger partial charge in [0.2, 0.25) is 0 Å². The molecule has 0 bridgehead atoms. The fraction of sp³-hybridized carbons (Fsp3) is 0.263. The third-order valence-corrected chi connectivity index (χ3v) is 3.97. The maximum Gasteiger partial charge on any atom is 0.348 e. The quantitative estimate of drug-likeness (QED) is 0.476. The maximum atomic E-state index is 13.1. The van der Waals surface area contributed by atoms with Crippen LogP contribution in [-0.2, 0) is 19.1 Å². The molecule has 25 heavy (non-hydrogen) atoms. The third kappa shape index (κ3) is 3.20. The van der Waals surface area contributed by atoms with Crippen LogP contribution in [0.25, 0.3) is 11.8 Å². The van der Waals surface area contributed by atoms with E-state index in [2.05, 4.69) is 0 Å². The van der Waals surface area contributed by atoms with Crippen molar-refractivity contribution in [1.29, 1.82) is 0 Å². The Bertz CT molecular complexity index is 869. The monoisotopic (exact) mass is 343 g/mol. The van der Waals surface area contributed by atoms with Crippen molar-refractivity contribution in [1.82, 2.24) is 4.57 Å². The minimum Gasteiger partial charge on any atom is -0.419 e. The fourth-order valence-corrected chi connectivity index (χ4v) is 2.86. The van der Waals surface area contributed by atoms with Crippen LogP contribution in [0.5, 0.6) is 0 Å². The molecule has 0 radical (unpaired) electrons. The Kier molecular flexibility index (Phi) is 3.99. The van der Waals surface area contributed by atoms with Crippen LogP contribution in [-0.4, -0.2) is 22.3 Å². The fourth-order valence-electron chi connectivity index (χ4n) is 2.86. The first-order valence-corrected chi connectivity index (χ1v) is 7.81. The lowest BCUT2D eigenvalue weighted by atomic mass is 10.1. The van der Waals surface area contributed by atoms with Gasteiger partial charge in [-0.05, 0) is 55.8 Å². The van der Waals surface area contributed by atoms with Gasteiger partial charge in [0.15, 0.2) is 0 Å². The van der Waals surface area contributed by atoms with E-state index in [1.807, 2.05) is 24.5 Å². The summed E-state index contributed by atoms with van der Waals surface area (Å²) in [5, 5.41) is 0. The van der Waals surface area contributed by atoms with E-state index in [0.717, 1.165) is 17.1 Å². The second-order valence-electron chi connectivity index (χ2n) is 6.38. The lowest BCUT2D eigenvalue weighted by Gasteiger charge is -2.29. The van der Waals surface area contributed by atoms with Crippen molar-refractivity contribution in [3.8, 4) is 5.69 Å². The molecule has 1 fully saturated rings. The zero-order chi connectivity index (χ0) is 18.4. The Balaban J connectivity index is 2.02. The highest BCUT2D eigenvalue weighted by Gasteiger charge is 2.39. The van der Waals surface area contributed by atoms with Gasteiger partial charge < -0.3 is 14.0 Å². The lowest BCUT2D eigenvalue weighted by molar-refractivity contribution is -0.222. The summed E-state index contributed by atoms with van der Waals surface area (Å²) in [4.78, 5) is 24.2. The van der Waals surface area contributed by atoms with Gasteiger partial charge >= 0.3 is 11.9 Å². The predicted molar refractivity (Wildman–Crippen MR) is 89.4 cm³/mol. The molecule has 0 N–H and O–H groups in total. The van der Waals surface area contributed by atoms with Crippen molar-refractivity contribution in [2.75, 3.05) is 0 Å². The second kappa shape index (κ2) is 5.88. The van der Waals surface area contributed by atoms with Gasteiger partial charge in [-0.1, -0.05) is 0 Å². The van der Waals surface area contributed by atoms with E-state index < -0.39 is 17.7 Å². The zero-order valence-corrected chi connectivity index (χ0v) is 14.4. The molecule has 1 saturated heterocycles. The smallest absolute Gasteiger partial charge is 0.348 e. The molecule has 0 amide bonds. The summed E-state index contributed by atoms with van der Waals surface area (Å²) in [6, 6.07) is 7.93. The largest absolute Gasteiger partial charge is 0.419 e. The number of ether oxygens (including phenoxy) is 2. The van der Waals surface area contributed by atoms with Gasteiger partial charge in [0.25, 0.3) is 5.79 Å². The Morgan fingerprint density at radius 1 is 1.04 bits per heavy atom. The van der Waals surface area contributed by atoms with Crippen LogP contribution >= 0.6 is 0 Å². The number of nitrogens with zero attached hydrogens (tertiary/aromatic N) is 1. The van der Waals surface area contributed by atoms with E-state index in [0.29, 0.717) is 5.56 Å². The van der Waals surface area contributed by atoms with E-state index in [1.54, 1.807) is 12.1 Å². The molecule has 3 rings (SSSR count). The van der Waals surface area contributed by atoms with E-state index in [4.69, 9.17) is 9.47 Å². The van der Waals surface area contributed by atoms with Gasteiger partial charge in [0.1, 0.15) is 11.4 Å². The lowest BCUT2D eigenvalue weighted by Crippen LogP contribution is -2.41. The first-order chi connectivity index (χ1) is 11.7. The topological polar surface area (TPSA) is 57.5 Å². The highest BCUT2D eigenvalue weighted by Crippen LogP contribution is 2.27. The van der Waals surface area contributed by atoms with Crippen molar-refractivity contribution in [3.63, 3.8) is 0 Å². The van der Waals surface area contributed by atoms with E-state index in [9.17, 15) is 14.0 Å². The minimum atomic E-state index is -1.27. The number of hydrogen-bond donors (Lipinski definition) is 0. The van der Waals surface area contributed by atoms with Crippen LogP contribution in [0.2, 0.25) is 0 Å². The first-order valence-electron chi connectivity index (χ1n) is 7.81. The number of carbonyl (C=O) groups excluding carboxylic acids is 2. The number of aromatic nitrogens is 1. The Hall–Kier alpha value is -2.89. The van der Waals surface area contributed by atoms with Crippen LogP contribution in [0.3, 0.4) is 0 Å². The van der Waals surface area contributed by atoms with Crippen LogP contribution in [0, 0.1) is 19.7 Å². The number of cyclic esters (lactones) is 2. The number of halogens is 1. The molecular weight excluding hydrogens is 325 g/mol. The summed E-state index contributed by atoms with van der Waals surface area (Å²) in [6.45, 7) is 6.74. The standard InChI is InChI=1S/C19H18FNO4/c1-11-9-13(10-16-17(22)24-19(3,4)25-18(16)23)12(2)21(11)15-7-5-14(20)6-8-15/h5-10H,1-4H3. The summed E-state index contributed by atoms with van der Waals surface area (Å²) in [7, 11) is 0. The molecule has 2 aromatic rings. The third-order valence-electron chi connectivity index (χ3n) is 3.97. The molecule has 0 aliphatic carbocycles. The van der Waals surface area contributed by atoms with Gasteiger partial charge in [0.05, 0.1) is 0 Å². The molecule has 0 saturated carbocycles. The van der Waals surface area contributed by atoms with Crippen LogP contribution in [0.15, 0.2) is 35.9 Å². The average Bonchev–Trinajstić information content (AvgIpc) is 2.77. The SMILES string of the molecule is Cc1cc(C=C2C(=O)OC(C)(C)OC2=O)c(C)n1-c1ccc(F)cc1. The van der Waals surface area contributed by atoms with Gasteiger partial charge in [-0.15, -0.1) is 0 Å². The van der Waals surface area contributed by atoms with E-state index in [1.165, 1.54) is 32.1 Å². The number of aryl methyl sites for hydroxylation is 1. The maximum absolute atomic E-state index is 13.1. The Labute approximate surface area is 144 Å². The summed E-state index contributed by atoms with van der Waals surface area (Å²) < 4.78 is 25.3. The van der Waals surface area contributed by atoms with Gasteiger partial charge in [-0.25, -0.2) is 14.0 Å². The number of rotatable bonds is 2. The predicted octanol–water partition coefficient (Wildman–Crippen LogP) is 3.45. The summed E-state index contributed by atoms with van der Waals surface area (Å²) >= 11 is 0. The van der Waals surface area contributed by atoms with Crippen molar-refractivity contribution in [2.24, 2.45) is 0 Å². The zero-order valence-electron chi connectivity index (χ0n) is 14.4. The summed E-state index contributed by atoms with van der Waals surface area (Å²) in [5.74, 6) is -3.01. The van der Waals surface area contributed by atoms with Crippen LogP contribution in [0.4, 0.5) is 4.39 Å².